The molecule has 1 atom stereocenters. The molecule has 1 saturated heterocycles. The van der Waals surface area contributed by atoms with E-state index in [1.54, 1.807) is 0 Å². The Balaban J connectivity index is 0.000000750. The lowest BCUT2D eigenvalue weighted by molar-refractivity contribution is 0.172. The molecular weight excluding hydrogens is 202 g/mol. The number of halogens is 1. The van der Waals surface area contributed by atoms with Crippen molar-refractivity contribution >= 4 is 12.4 Å². The maximum Gasteiger partial charge on any atom is 0.231 e. The molecule has 0 radical (unpaired) electrons. The molecule has 1 fully saturated rings. The van der Waals surface area contributed by atoms with Gasteiger partial charge in [-0.3, -0.25) is 0 Å². The van der Waals surface area contributed by atoms with Gasteiger partial charge in [-0.2, -0.15) is 0 Å². The Bertz CT molecular complexity index is 339. The highest BCUT2D eigenvalue weighted by molar-refractivity contribution is 5.85. The minimum Gasteiger partial charge on any atom is -0.454 e. The molecule has 1 N–H and O–H groups in total. The minimum atomic E-state index is 0. The molecule has 0 amide bonds. The summed E-state index contributed by atoms with van der Waals surface area (Å²) in [6, 6.07) is 6.54. The zero-order valence-corrected chi connectivity index (χ0v) is 8.47. The first kappa shape index (κ1) is 9.62. The Kier molecular flexibility index (Phi) is 2.52. The summed E-state index contributed by atoms with van der Waals surface area (Å²) >= 11 is 0. The van der Waals surface area contributed by atoms with Crippen LogP contribution in [0.15, 0.2) is 18.2 Å². The number of para-hydroxylation sites is 1. The average molecular weight is 214 g/mol. The largest absolute Gasteiger partial charge is 0.454 e. The van der Waals surface area contributed by atoms with Gasteiger partial charge in [-0.1, -0.05) is 12.1 Å². The van der Waals surface area contributed by atoms with Crippen molar-refractivity contribution in [1.29, 1.82) is 0 Å². The highest BCUT2D eigenvalue weighted by atomic mass is 35.5. The fourth-order valence-corrected chi connectivity index (χ4v) is 1.78. The van der Waals surface area contributed by atoms with Gasteiger partial charge in [0.05, 0.1) is 0 Å². The predicted molar refractivity (Wildman–Crippen MR) is 55.2 cm³/mol. The molecule has 76 valence electrons. The van der Waals surface area contributed by atoms with Crippen molar-refractivity contribution in [2.75, 3.05) is 13.3 Å². The summed E-state index contributed by atoms with van der Waals surface area (Å²) < 4.78 is 10.7. The Morgan fingerprint density at radius 3 is 2.86 bits per heavy atom. The Labute approximate surface area is 88.8 Å². The van der Waals surface area contributed by atoms with Gasteiger partial charge in [-0.05, 0) is 19.0 Å². The summed E-state index contributed by atoms with van der Waals surface area (Å²) in [4.78, 5) is 0. The normalized spacial score (nSPS) is 22.4. The Morgan fingerprint density at radius 1 is 1.29 bits per heavy atom. The molecule has 1 aromatic carbocycles. The van der Waals surface area contributed by atoms with Gasteiger partial charge in [-0.25, -0.2) is 0 Å². The third kappa shape index (κ3) is 1.33. The van der Waals surface area contributed by atoms with E-state index >= 15 is 0 Å². The first-order chi connectivity index (χ1) is 6.45. The fourth-order valence-electron chi connectivity index (χ4n) is 1.78. The number of ether oxygens (including phenoxy) is 2. The molecule has 2 aliphatic rings. The highest BCUT2D eigenvalue weighted by Crippen LogP contribution is 2.40. The standard InChI is InChI=1S/C10H11NO2.ClH/c1-2-7(8-4-5-11-8)10-9(3-1)12-6-13-10;/h1-3,8,11H,4-6H2;1H/t8-;/m0./s1. The fraction of sp³-hybridized carbons (Fsp3) is 0.400. The van der Waals surface area contributed by atoms with E-state index in [2.05, 4.69) is 11.4 Å². The zero-order valence-electron chi connectivity index (χ0n) is 7.66. The van der Waals surface area contributed by atoms with Crippen LogP contribution in [0, 0.1) is 0 Å². The Morgan fingerprint density at radius 2 is 2.14 bits per heavy atom. The van der Waals surface area contributed by atoms with Crippen molar-refractivity contribution in [3.8, 4) is 11.5 Å². The van der Waals surface area contributed by atoms with E-state index < -0.39 is 0 Å². The molecule has 4 heteroatoms. The second-order valence-corrected chi connectivity index (χ2v) is 3.38. The van der Waals surface area contributed by atoms with Gasteiger partial charge in [-0.15, -0.1) is 12.4 Å². The lowest BCUT2D eigenvalue weighted by Gasteiger charge is -2.28. The number of benzene rings is 1. The van der Waals surface area contributed by atoms with Gasteiger partial charge >= 0.3 is 0 Å². The monoisotopic (exact) mass is 213 g/mol. The second-order valence-electron chi connectivity index (χ2n) is 3.38. The van der Waals surface area contributed by atoms with E-state index in [1.165, 1.54) is 12.0 Å². The van der Waals surface area contributed by atoms with E-state index in [4.69, 9.17) is 9.47 Å². The summed E-state index contributed by atoms with van der Waals surface area (Å²) in [5.74, 6) is 1.81. The number of hydrogen-bond donors (Lipinski definition) is 1. The van der Waals surface area contributed by atoms with Crippen LogP contribution in [-0.2, 0) is 0 Å². The van der Waals surface area contributed by atoms with Crippen LogP contribution in [-0.4, -0.2) is 13.3 Å². The van der Waals surface area contributed by atoms with E-state index in [1.807, 2.05) is 12.1 Å². The van der Waals surface area contributed by atoms with Crippen LogP contribution in [0.2, 0.25) is 0 Å². The average Bonchev–Trinajstić information content (AvgIpc) is 2.49. The summed E-state index contributed by atoms with van der Waals surface area (Å²) in [6.45, 7) is 1.47. The van der Waals surface area contributed by atoms with Gasteiger partial charge in [0.25, 0.3) is 0 Å². The molecule has 0 unspecified atom stereocenters. The molecule has 2 heterocycles. The van der Waals surface area contributed by atoms with Crippen molar-refractivity contribution in [3.63, 3.8) is 0 Å². The van der Waals surface area contributed by atoms with Crippen LogP contribution in [0.5, 0.6) is 11.5 Å². The number of hydrogen-bond acceptors (Lipinski definition) is 3. The maximum absolute atomic E-state index is 5.42. The van der Waals surface area contributed by atoms with Crippen LogP contribution in [0.1, 0.15) is 18.0 Å². The first-order valence-corrected chi connectivity index (χ1v) is 4.57. The highest BCUT2D eigenvalue weighted by Gasteiger charge is 2.26. The van der Waals surface area contributed by atoms with Gasteiger partial charge in [0.15, 0.2) is 11.5 Å². The number of rotatable bonds is 1. The molecule has 3 nitrogen and oxygen atoms in total. The molecule has 0 saturated carbocycles. The summed E-state index contributed by atoms with van der Waals surface area (Å²) in [5, 5.41) is 3.36. The van der Waals surface area contributed by atoms with Crippen LogP contribution < -0.4 is 14.8 Å². The van der Waals surface area contributed by atoms with Crippen LogP contribution in [0.25, 0.3) is 0 Å². The summed E-state index contributed by atoms with van der Waals surface area (Å²) in [6.07, 6.45) is 1.19. The van der Waals surface area contributed by atoms with Crippen molar-refractivity contribution in [2.24, 2.45) is 0 Å². The molecule has 2 aliphatic heterocycles. The molecule has 0 spiro atoms. The number of nitrogens with one attached hydrogen (secondary N) is 1. The smallest absolute Gasteiger partial charge is 0.231 e. The lowest BCUT2D eigenvalue weighted by atomic mass is 9.97. The van der Waals surface area contributed by atoms with Crippen LogP contribution >= 0.6 is 12.4 Å². The SMILES string of the molecule is Cl.c1cc2c(c([C@@H]3CCN3)c1)OCO2. The van der Waals surface area contributed by atoms with E-state index in [0.29, 0.717) is 12.8 Å². The molecule has 0 aliphatic carbocycles. The van der Waals surface area contributed by atoms with Gasteiger partial charge in [0, 0.05) is 11.6 Å². The van der Waals surface area contributed by atoms with Gasteiger partial charge in [0.1, 0.15) is 0 Å². The molecule has 1 aromatic rings. The van der Waals surface area contributed by atoms with Crippen molar-refractivity contribution in [1.82, 2.24) is 5.32 Å². The van der Waals surface area contributed by atoms with E-state index in [0.717, 1.165) is 18.0 Å². The predicted octanol–water partition coefficient (Wildman–Crippen LogP) is 1.87. The summed E-state index contributed by atoms with van der Waals surface area (Å²) in [5.41, 5.74) is 1.24. The minimum absolute atomic E-state index is 0. The maximum atomic E-state index is 5.42. The zero-order chi connectivity index (χ0) is 8.67. The third-order valence-corrected chi connectivity index (χ3v) is 2.63. The topological polar surface area (TPSA) is 30.5 Å². The molecule has 3 rings (SSSR count). The lowest BCUT2D eigenvalue weighted by Crippen LogP contribution is -2.35. The molecule has 0 aromatic heterocycles. The third-order valence-electron chi connectivity index (χ3n) is 2.63. The Hall–Kier alpha value is -0.930. The summed E-state index contributed by atoms with van der Waals surface area (Å²) in [7, 11) is 0. The van der Waals surface area contributed by atoms with Gasteiger partial charge in [0.2, 0.25) is 6.79 Å². The van der Waals surface area contributed by atoms with Crippen molar-refractivity contribution in [3.05, 3.63) is 23.8 Å². The molecule has 14 heavy (non-hydrogen) atoms. The van der Waals surface area contributed by atoms with Crippen molar-refractivity contribution < 1.29 is 9.47 Å². The number of fused-ring (bicyclic) bond motifs is 1. The van der Waals surface area contributed by atoms with Gasteiger partial charge < -0.3 is 14.8 Å². The van der Waals surface area contributed by atoms with Crippen molar-refractivity contribution in [2.45, 2.75) is 12.5 Å². The second kappa shape index (κ2) is 3.67. The quantitative estimate of drug-likeness (QED) is 0.773. The first-order valence-electron chi connectivity index (χ1n) is 4.57. The van der Waals surface area contributed by atoms with E-state index in [9.17, 15) is 0 Å². The van der Waals surface area contributed by atoms with Crippen LogP contribution in [0.3, 0.4) is 0 Å². The molecular formula is C10H12ClNO2. The van der Waals surface area contributed by atoms with E-state index in [-0.39, 0.29) is 12.4 Å². The van der Waals surface area contributed by atoms with Crippen LogP contribution in [0.4, 0.5) is 0 Å². The molecule has 0 bridgehead atoms.